The van der Waals surface area contributed by atoms with Crippen molar-refractivity contribution >= 4 is 15.2 Å². The van der Waals surface area contributed by atoms with Crippen LogP contribution >= 0.6 is 15.2 Å². The standard InChI is InChI=1S/C10H16O6P2.2Zn/c11-17(12,13)7-5-9-3-1-2-4-10(9)6-8-18(14,15)16;;/h1-4H,5-8H2,(H2,11,12,13)(H2,14,15,16);;/q;2*+2/p-4. The Balaban J connectivity index is 0. The van der Waals surface area contributed by atoms with Crippen LogP contribution in [0.4, 0.5) is 0 Å². The minimum atomic E-state index is -4.58. The molecule has 1 aromatic carbocycles. The molecule has 0 spiro atoms. The summed E-state index contributed by atoms with van der Waals surface area (Å²) < 4.78 is 21.1. The van der Waals surface area contributed by atoms with E-state index in [0.717, 1.165) is 0 Å². The van der Waals surface area contributed by atoms with Gasteiger partial charge in [0.1, 0.15) is 0 Å². The van der Waals surface area contributed by atoms with Gasteiger partial charge in [0, 0.05) is 0 Å². The summed E-state index contributed by atoms with van der Waals surface area (Å²) in [4.78, 5) is 42.2. The summed E-state index contributed by atoms with van der Waals surface area (Å²) in [6.45, 7) is 0. The molecule has 0 amide bonds. The van der Waals surface area contributed by atoms with Crippen LogP contribution in [0.2, 0.25) is 0 Å². The first-order valence-corrected chi connectivity index (χ1v) is 8.72. The monoisotopic (exact) mass is 418 g/mol. The first-order chi connectivity index (χ1) is 8.17. The van der Waals surface area contributed by atoms with Crippen LogP contribution in [-0.4, -0.2) is 12.3 Å². The van der Waals surface area contributed by atoms with Crippen molar-refractivity contribution in [2.45, 2.75) is 12.8 Å². The van der Waals surface area contributed by atoms with Crippen LogP contribution < -0.4 is 19.6 Å². The van der Waals surface area contributed by atoms with Gasteiger partial charge >= 0.3 is 39.0 Å². The molecule has 0 aliphatic rings. The second-order valence-electron chi connectivity index (χ2n) is 3.94. The first kappa shape index (κ1) is 23.0. The molecule has 0 aliphatic heterocycles. The fourth-order valence-electron chi connectivity index (χ4n) is 1.56. The van der Waals surface area contributed by atoms with Crippen LogP contribution in [0, 0.1) is 0 Å². The van der Waals surface area contributed by atoms with E-state index < -0.39 is 27.5 Å². The first-order valence-electron chi connectivity index (χ1n) is 5.26. The number of aryl methyl sites for hydroxylation is 2. The van der Waals surface area contributed by atoms with Crippen molar-refractivity contribution in [1.82, 2.24) is 0 Å². The second kappa shape index (κ2) is 9.72. The maximum atomic E-state index is 10.6. The van der Waals surface area contributed by atoms with Crippen molar-refractivity contribution in [2.24, 2.45) is 0 Å². The maximum Gasteiger partial charge on any atom is 2.00 e. The second-order valence-corrected chi connectivity index (χ2v) is 7.28. The molecule has 102 valence electrons. The summed E-state index contributed by atoms with van der Waals surface area (Å²) in [7, 11) is -9.16. The largest absolute Gasteiger partial charge is 2.00 e. The fraction of sp³-hybridized carbons (Fsp3) is 0.400. The third-order valence-electron chi connectivity index (χ3n) is 2.43. The summed E-state index contributed by atoms with van der Waals surface area (Å²) in [5.41, 5.74) is 1.16. The molecule has 0 atom stereocenters. The zero-order valence-electron chi connectivity index (χ0n) is 10.9. The van der Waals surface area contributed by atoms with Gasteiger partial charge in [0.15, 0.2) is 0 Å². The van der Waals surface area contributed by atoms with Gasteiger partial charge < -0.3 is 28.7 Å². The maximum absolute atomic E-state index is 10.6. The third-order valence-corrected chi connectivity index (χ3v) is 3.97. The Morgan fingerprint density at radius 2 is 1.05 bits per heavy atom. The molecule has 20 heavy (non-hydrogen) atoms. The van der Waals surface area contributed by atoms with Gasteiger partial charge in [-0.25, -0.2) is 0 Å². The van der Waals surface area contributed by atoms with Gasteiger partial charge in [-0.05, 0) is 36.3 Å². The number of hydrogen-bond donors (Lipinski definition) is 0. The van der Waals surface area contributed by atoms with E-state index in [1.54, 1.807) is 24.3 Å². The third kappa shape index (κ3) is 10.5. The van der Waals surface area contributed by atoms with Gasteiger partial charge in [-0.3, -0.25) is 0 Å². The topological polar surface area (TPSA) is 126 Å². The molecule has 0 unspecified atom stereocenters. The van der Waals surface area contributed by atoms with Crippen molar-refractivity contribution in [3.63, 3.8) is 0 Å². The molecule has 0 heterocycles. The smallest absolute Gasteiger partial charge is 0.811 e. The Morgan fingerprint density at radius 3 is 1.30 bits per heavy atom. The quantitative estimate of drug-likeness (QED) is 0.411. The molecule has 10 heteroatoms. The average Bonchev–Trinajstić information content (AvgIpc) is 2.22. The minimum Gasteiger partial charge on any atom is -0.811 e. The van der Waals surface area contributed by atoms with Crippen molar-refractivity contribution in [2.75, 3.05) is 12.3 Å². The van der Waals surface area contributed by atoms with Crippen LogP contribution in [-0.2, 0) is 60.9 Å². The summed E-state index contributed by atoms with van der Waals surface area (Å²) in [5, 5.41) is 0. The van der Waals surface area contributed by atoms with Gasteiger partial charge in [0.2, 0.25) is 0 Å². The average molecular weight is 421 g/mol. The molecule has 0 radical (unpaired) electrons. The molecular formula is C10H12O6P2Zn2. The van der Waals surface area contributed by atoms with Crippen molar-refractivity contribution in [3.05, 3.63) is 35.4 Å². The zero-order chi connectivity index (χ0) is 13.8. The molecule has 0 saturated heterocycles. The Hall–Kier alpha value is 0.767. The Morgan fingerprint density at radius 1 is 0.750 bits per heavy atom. The van der Waals surface area contributed by atoms with Crippen LogP contribution in [0.15, 0.2) is 24.3 Å². The van der Waals surface area contributed by atoms with E-state index >= 15 is 0 Å². The summed E-state index contributed by atoms with van der Waals surface area (Å²) in [6.07, 6.45) is -0.974. The zero-order valence-corrected chi connectivity index (χ0v) is 18.6. The predicted molar refractivity (Wildman–Crippen MR) is 58.8 cm³/mol. The minimum absolute atomic E-state index is 0. The number of benzene rings is 1. The van der Waals surface area contributed by atoms with Crippen molar-refractivity contribution in [1.29, 1.82) is 0 Å². The van der Waals surface area contributed by atoms with E-state index in [4.69, 9.17) is 0 Å². The summed E-state index contributed by atoms with van der Waals surface area (Å²) >= 11 is 0. The summed E-state index contributed by atoms with van der Waals surface area (Å²) in [5.74, 6) is 0. The van der Waals surface area contributed by atoms with E-state index in [2.05, 4.69) is 0 Å². The van der Waals surface area contributed by atoms with Gasteiger partial charge in [0.25, 0.3) is 0 Å². The van der Waals surface area contributed by atoms with Gasteiger partial charge in [-0.1, -0.05) is 39.5 Å². The molecule has 1 aromatic rings. The fourth-order valence-corrected chi connectivity index (χ4v) is 2.59. The van der Waals surface area contributed by atoms with Crippen LogP contribution in [0.3, 0.4) is 0 Å². The van der Waals surface area contributed by atoms with E-state index in [9.17, 15) is 28.7 Å². The van der Waals surface area contributed by atoms with E-state index in [-0.39, 0.29) is 51.8 Å². The van der Waals surface area contributed by atoms with E-state index in [1.165, 1.54) is 0 Å². The van der Waals surface area contributed by atoms with Crippen molar-refractivity contribution in [3.8, 4) is 0 Å². The normalized spacial score (nSPS) is 11.4. The van der Waals surface area contributed by atoms with E-state index in [0.29, 0.717) is 11.1 Å². The SMILES string of the molecule is O=P([O-])([O-])CCc1ccccc1CCP(=O)([O-])[O-].[Zn+2].[Zn+2]. The Labute approximate surface area is 143 Å². The Kier molecular flexibility index (Phi) is 11.2. The molecule has 0 saturated carbocycles. The molecule has 1 rings (SSSR count). The molecule has 0 aromatic heterocycles. The number of rotatable bonds is 6. The van der Waals surface area contributed by atoms with Gasteiger partial charge in [-0.2, -0.15) is 0 Å². The molecular weight excluding hydrogens is 409 g/mol. The molecule has 0 aliphatic carbocycles. The molecule has 6 nitrogen and oxygen atoms in total. The van der Waals surface area contributed by atoms with E-state index in [1.807, 2.05) is 0 Å². The molecule has 0 N–H and O–H groups in total. The summed E-state index contributed by atoms with van der Waals surface area (Å²) in [6, 6.07) is 6.55. The molecule has 0 bridgehead atoms. The predicted octanol–water partition coefficient (Wildman–Crippen LogP) is -1.41. The van der Waals surface area contributed by atoms with Crippen molar-refractivity contribution < 1.29 is 67.7 Å². The van der Waals surface area contributed by atoms with Crippen LogP contribution in [0.1, 0.15) is 11.1 Å². The van der Waals surface area contributed by atoms with Gasteiger partial charge in [-0.15, -0.1) is 0 Å². The Bertz CT molecular complexity index is 453. The molecule has 0 fully saturated rings. The van der Waals surface area contributed by atoms with Crippen LogP contribution in [0.25, 0.3) is 0 Å². The van der Waals surface area contributed by atoms with Crippen LogP contribution in [0.5, 0.6) is 0 Å². The van der Waals surface area contributed by atoms with Gasteiger partial charge in [0.05, 0.1) is 0 Å². The number of hydrogen-bond acceptors (Lipinski definition) is 6.